The van der Waals surface area contributed by atoms with Crippen LogP contribution in [0.3, 0.4) is 0 Å². The van der Waals surface area contributed by atoms with E-state index >= 15 is 0 Å². The number of rotatable bonds is 4. The molecule has 1 aromatic carbocycles. The number of H-pyrrole nitrogens is 1. The van der Waals surface area contributed by atoms with Crippen molar-refractivity contribution in [3.8, 4) is 28.1 Å². The number of hydrogen-bond donors (Lipinski definition) is 3. The molecule has 2 heterocycles. The third-order valence-corrected chi connectivity index (χ3v) is 3.13. The Hall–Kier alpha value is -2.89. The Morgan fingerprint density at radius 2 is 2.05 bits per heavy atom. The average Bonchev–Trinajstić information content (AvgIpc) is 3.03. The number of nitrogens with one attached hydrogen (secondary N) is 2. The minimum atomic E-state index is 0.166. The molecule has 0 aliphatic carbocycles. The highest BCUT2D eigenvalue weighted by atomic mass is 16.3. The molecule has 0 aliphatic rings. The molecule has 106 valence electrons. The lowest BCUT2D eigenvalue weighted by Gasteiger charge is -2.07. The Kier molecular flexibility index (Phi) is 3.51. The maximum absolute atomic E-state index is 10.2. The van der Waals surface area contributed by atoms with Crippen LogP contribution in [0.15, 0.2) is 42.7 Å². The molecule has 3 N–H and O–H groups in total. The fraction of sp³-hybridized carbons (Fsp3) is 0.133. The molecule has 0 aliphatic heterocycles. The smallest absolute Gasteiger partial charge is 0.148 e. The number of phenols is 1. The van der Waals surface area contributed by atoms with Crippen LogP contribution < -0.4 is 5.32 Å². The first-order valence-electron chi connectivity index (χ1n) is 6.68. The third kappa shape index (κ3) is 2.69. The van der Waals surface area contributed by atoms with E-state index in [9.17, 15) is 5.11 Å². The largest absolute Gasteiger partial charge is 0.507 e. The molecular weight excluding hydrogens is 266 g/mol. The minimum absolute atomic E-state index is 0.166. The van der Waals surface area contributed by atoms with Crippen molar-refractivity contribution in [2.24, 2.45) is 0 Å². The van der Waals surface area contributed by atoms with Gasteiger partial charge in [-0.05, 0) is 36.8 Å². The summed E-state index contributed by atoms with van der Waals surface area (Å²) in [7, 11) is 0. The van der Waals surface area contributed by atoms with Gasteiger partial charge in [-0.1, -0.05) is 6.07 Å². The Morgan fingerprint density at radius 1 is 1.14 bits per heavy atom. The lowest BCUT2D eigenvalue weighted by atomic mass is 10.0. The first-order chi connectivity index (χ1) is 10.3. The molecule has 0 bridgehead atoms. The second-order valence-corrected chi connectivity index (χ2v) is 4.55. The molecule has 0 unspecified atom stereocenters. The minimum Gasteiger partial charge on any atom is -0.507 e. The molecule has 2 aromatic heterocycles. The summed E-state index contributed by atoms with van der Waals surface area (Å²) in [6.07, 6.45) is 3.49. The van der Waals surface area contributed by atoms with E-state index in [0.29, 0.717) is 11.3 Å². The lowest BCUT2D eigenvalue weighted by Crippen LogP contribution is -2.00. The van der Waals surface area contributed by atoms with Gasteiger partial charge in [-0.2, -0.15) is 5.10 Å². The molecular formula is C15H15N5O. The van der Waals surface area contributed by atoms with Crippen molar-refractivity contribution < 1.29 is 5.11 Å². The van der Waals surface area contributed by atoms with Gasteiger partial charge in [0.25, 0.3) is 0 Å². The van der Waals surface area contributed by atoms with Crippen LogP contribution in [0.1, 0.15) is 6.92 Å². The first kappa shape index (κ1) is 13.1. The van der Waals surface area contributed by atoms with Gasteiger partial charge in [-0.25, -0.2) is 0 Å². The standard InChI is InChI=1S/C15H15N5O/c1-2-16-15-6-5-13(19-20-15)12-4-3-10(7-14(12)21)11-8-17-18-9-11/h3-9,21H,2H2,1H3,(H,16,20)(H,17,18). The molecule has 3 aromatic rings. The number of aromatic nitrogens is 4. The second kappa shape index (κ2) is 5.62. The van der Waals surface area contributed by atoms with Gasteiger partial charge >= 0.3 is 0 Å². The van der Waals surface area contributed by atoms with E-state index in [1.165, 1.54) is 0 Å². The number of hydrogen-bond acceptors (Lipinski definition) is 5. The molecule has 6 heteroatoms. The number of anilines is 1. The second-order valence-electron chi connectivity index (χ2n) is 4.55. The summed E-state index contributed by atoms with van der Waals surface area (Å²) in [5, 5.41) is 28.1. The summed E-state index contributed by atoms with van der Waals surface area (Å²) < 4.78 is 0. The van der Waals surface area contributed by atoms with Crippen LogP contribution in [-0.4, -0.2) is 32.0 Å². The molecule has 0 atom stereocenters. The fourth-order valence-electron chi connectivity index (χ4n) is 2.09. The fourth-order valence-corrected chi connectivity index (χ4v) is 2.09. The zero-order valence-corrected chi connectivity index (χ0v) is 11.5. The summed E-state index contributed by atoms with van der Waals surface area (Å²) in [4.78, 5) is 0. The van der Waals surface area contributed by atoms with Crippen molar-refractivity contribution in [2.75, 3.05) is 11.9 Å². The van der Waals surface area contributed by atoms with Crippen molar-refractivity contribution in [1.82, 2.24) is 20.4 Å². The molecule has 3 rings (SSSR count). The summed E-state index contributed by atoms with van der Waals surface area (Å²) in [6, 6.07) is 9.11. The Labute approximate surface area is 121 Å². The highest BCUT2D eigenvalue weighted by Crippen LogP contribution is 2.32. The van der Waals surface area contributed by atoms with E-state index in [-0.39, 0.29) is 5.75 Å². The van der Waals surface area contributed by atoms with E-state index in [1.807, 2.05) is 31.2 Å². The molecule has 21 heavy (non-hydrogen) atoms. The van der Waals surface area contributed by atoms with Crippen LogP contribution >= 0.6 is 0 Å². The molecule has 0 amide bonds. The topological polar surface area (TPSA) is 86.7 Å². The number of aromatic amines is 1. The van der Waals surface area contributed by atoms with Gasteiger partial charge in [0.05, 0.1) is 11.9 Å². The lowest BCUT2D eigenvalue weighted by molar-refractivity contribution is 0.477. The van der Waals surface area contributed by atoms with Crippen LogP contribution in [0.4, 0.5) is 5.82 Å². The first-order valence-corrected chi connectivity index (χ1v) is 6.68. The molecule has 0 saturated carbocycles. The van der Waals surface area contributed by atoms with Gasteiger partial charge in [-0.3, -0.25) is 5.10 Å². The number of aromatic hydroxyl groups is 1. The highest BCUT2D eigenvalue weighted by Gasteiger charge is 2.09. The maximum Gasteiger partial charge on any atom is 0.148 e. The quantitative estimate of drug-likeness (QED) is 0.684. The van der Waals surface area contributed by atoms with Gasteiger partial charge in [0.1, 0.15) is 11.6 Å². The highest BCUT2D eigenvalue weighted by molar-refractivity contribution is 5.73. The van der Waals surface area contributed by atoms with Crippen molar-refractivity contribution >= 4 is 5.82 Å². The van der Waals surface area contributed by atoms with Crippen molar-refractivity contribution in [3.63, 3.8) is 0 Å². The van der Waals surface area contributed by atoms with Gasteiger partial charge < -0.3 is 10.4 Å². The molecule has 0 saturated heterocycles. The zero-order valence-electron chi connectivity index (χ0n) is 11.5. The van der Waals surface area contributed by atoms with Gasteiger partial charge in [-0.15, -0.1) is 10.2 Å². The summed E-state index contributed by atoms with van der Waals surface area (Å²) >= 11 is 0. The van der Waals surface area contributed by atoms with E-state index in [0.717, 1.165) is 23.5 Å². The molecule has 0 spiro atoms. The van der Waals surface area contributed by atoms with Gasteiger partial charge in [0.15, 0.2) is 0 Å². The van der Waals surface area contributed by atoms with Crippen LogP contribution in [0.5, 0.6) is 5.75 Å². The number of nitrogens with zero attached hydrogens (tertiary/aromatic N) is 3. The van der Waals surface area contributed by atoms with Crippen molar-refractivity contribution in [2.45, 2.75) is 6.92 Å². The Morgan fingerprint density at radius 3 is 2.67 bits per heavy atom. The molecule has 0 fully saturated rings. The monoisotopic (exact) mass is 281 g/mol. The van der Waals surface area contributed by atoms with Crippen molar-refractivity contribution in [1.29, 1.82) is 0 Å². The van der Waals surface area contributed by atoms with E-state index < -0.39 is 0 Å². The summed E-state index contributed by atoms with van der Waals surface area (Å²) in [6.45, 7) is 2.79. The average molecular weight is 281 g/mol. The zero-order chi connectivity index (χ0) is 14.7. The Balaban J connectivity index is 1.92. The van der Waals surface area contributed by atoms with E-state index in [1.54, 1.807) is 18.5 Å². The molecule has 6 nitrogen and oxygen atoms in total. The van der Waals surface area contributed by atoms with Crippen molar-refractivity contribution in [3.05, 3.63) is 42.7 Å². The normalized spacial score (nSPS) is 10.5. The third-order valence-electron chi connectivity index (χ3n) is 3.13. The maximum atomic E-state index is 10.2. The predicted molar refractivity (Wildman–Crippen MR) is 80.9 cm³/mol. The van der Waals surface area contributed by atoms with E-state index in [2.05, 4.69) is 25.7 Å². The van der Waals surface area contributed by atoms with Gasteiger partial charge in [0.2, 0.25) is 0 Å². The van der Waals surface area contributed by atoms with E-state index in [4.69, 9.17) is 0 Å². The van der Waals surface area contributed by atoms with Crippen LogP contribution in [0, 0.1) is 0 Å². The van der Waals surface area contributed by atoms with Crippen LogP contribution in [-0.2, 0) is 0 Å². The van der Waals surface area contributed by atoms with Crippen LogP contribution in [0.25, 0.3) is 22.4 Å². The summed E-state index contributed by atoms with van der Waals surface area (Å²) in [5.74, 6) is 0.884. The SMILES string of the molecule is CCNc1ccc(-c2ccc(-c3cn[nH]c3)cc2O)nn1. The molecule has 0 radical (unpaired) electrons. The summed E-state index contributed by atoms with van der Waals surface area (Å²) in [5.41, 5.74) is 3.10. The number of phenolic OH excluding ortho intramolecular Hbond substituents is 1. The van der Waals surface area contributed by atoms with Gasteiger partial charge in [0, 0.05) is 23.9 Å². The van der Waals surface area contributed by atoms with Crippen LogP contribution in [0.2, 0.25) is 0 Å². The Bertz CT molecular complexity index is 722. The number of benzene rings is 1. The predicted octanol–water partition coefficient (Wildman–Crippen LogP) is 2.67.